The van der Waals surface area contributed by atoms with Gasteiger partial charge in [0.25, 0.3) is 0 Å². The van der Waals surface area contributed by atoms with Crippen molar-refractivity contribution >= 4 is 5.78 Å². The molecule has 5 saturated carbocycles. The second kappa shape index (κ2) is 9.80. The van der Waals surface area contributed by atoms with Crippen molar-refractivity contribution in [1.82, 2.24) is 0 Å². The summed E-state index contributed by atoms with van der Waals surface area (Å²) in [4.78, 5) is 13.4. The Bertz CT molecular complexity index is 1040. The minimum absolute atomic E-state index is 0.00381. The monoisotopic (exact) mass is 551 g/mol. The van der Waals surface area contributed by atoms with E-state index in [1.165, 1.54) is 57.8 Å². The van der Waals surface area contributed by atoms with Gasteiger partial charge < -0.3 is 9.47 Å². The van der Waals surface area contributed by atoms with E-state index in [0.717, 1.165) is 50.2 Å². The number of carbonyl (C=O) groups is 1. The van der Waals surface area contributed by atoms with Crippen molar-refractivity contribution in [3.05, 3.63) is 0 Å². The van der Waals surface area contributed by atoms with E-state index >= 15 is 0 Å². The minimum atomic E-state index is -0.442. The van der Waals surface area contributed by atoms with Crippen molar-refractivity contribution in [2.45, 2.75) is 132 Å². The molecule has 224 valence electrons. The fourth-order valence-electron chi connectivity index (χ4n) is 13.0. The third kappa shape index (κ3) is 3.91. The SMILES string of the molecule is CC(C)[C@@H]1CC[C@]2(COC3CCCCO3)CC[C@]3(C)[C@H](CC[C@@H]4[C@@]5(C)CC(C#N)C(=O)C(C)(C)[C@@H]5CC[C@]43C)[C@@H]12. The van der Waals surface area contributed by atoms with Gasteiger partial charge in [0, 0.05) is 12.0 Å². The Balaban J connectivity index is 1.33. The van der Waals surface area contributed by atoms with Gasteiger partial charge in [0.15, 0.2) is 12.1 Å². The Hall–Kier alpha value is -0.920. The van der Waals surface area contributed by atoms with E-state index in [0.29, 0.717) is 28.6 Å². The summed E-state index contributed by atoms with van der Waals surface area (Å²) in [6.45, 7) is 18.9. The van der Waals surface area contributed by atoms with Gasteiger partial charge >= 0.3 is 0 Å². The predicted molar refractivity (Wildman–Crippen MR) is 158 cm³/mol. The lowest BCUT2D eigenvalue weighted by molar-refractivity contribution is -0.249. The van der Waals surface area contributed by atoms with E-state index in [-0.39, 0.29) is 22.9 Å². The van der Waals surface area contributed by atoms with Crippen molar-refractivity contribution in [3.8, 4) is 6.07 Å². The molecule has 0 aromatic rings. The Kier molecular flexibility index (Phi) is 7.15. The van der Waals surface area contributed by atoms with Gasteiger partial charge in [-0.15, -0.1) is 0 Å². The van der Waals surface area contributed by atoms with Gasteiger partial charge in [-0.2, -0.15) is 5.26 Å². The van der Waals surface area contributed by atoms with Crippen LogP contribution in [0.25, 0.3) is 0 Å². The molecule has 40 heavy (non-hydrogen) atoms. The number of Topliss-reactive ketones (excluding diaryl/α,β-unsaturated/α-hetero) is 1. The number of rotatable bonds is 4. The summed E-state index contributed by atoms with van der Waals surface area (Å²) in [5.74, 6) is 3.69. The highest BCUT2D eigenvalue weighted by Crippen LogP contribution is 2.77. The zero-order valence-electron chi connectivity index (χ0n) is 26.7. The zero-order chi connectivity index (χ0) is 28.7. The second-order valence-corrected chi connectivity index (χ2v) is 17.1. The highest BCUT2D eigenvalue weighted by Gasteiger charge is 2.71. The van der Waals surface area contributed by atoms with E-state index in [1.807, 2.05) is 0 Å². The van der Waals surface area contributed by atoms with Crippen LogP contribution in [-0.4, -0.2) is 25.3 Å². The summed E-state index contributed by atoms with van der Waals surface area (Å²) in [6, 6.07) is 2.46. The molecule has 1 heterocycles. The molecule has 0 amide bonds. The van der Waals surface area contributed by atoms with E-state index in [9.17, 15) is 10.1 Å². The summed E-state index contributed by atoms with van der Waals surface area (Å²) in [6.07, 6.45) is 14.4. The average molecular weight is 552 g/mol. The van der Waals surface area contributed by atoms with E-state index in [4.69, 9.17) is 9.47 Å². The standard InChI is InChI=1S/C36H57NO3/c1-23(2)25-13-16-36(22-40-29-10-8-9-19-39-29)18-17-34(6)26(30(25)36)11-12-28-33(5)20-24(21-37)31(38)32(3,4)27(33)14-15-35(28,34)7/h23-30H,8-20,22H2,1-7H3/t24?,25-,26+,27-,28+,29?,30+,33-,34+,35+,36+/m0/s1. The number of ketones is 1. The normalized spacial score (nSPS) is 51.8. The first-order valence-electron chi connectivity index (χ1n) is 17.0. The molecule has 0 spiro atoms. The number of hydrogen-bond donors (Lipinski definition) is 0. The Morgan fingerprint density at radius 2 is 1.70 bits per heavy atom. The van der Waals surface area contributed by atoms with E-state index in [2.05, 4.69) is 54.5 Å². The smallest absolute Gasteiger partial charge is 0.157 e. The molecule has 0 N–H and O–H groups in total. The third-order valence-corrected chi connectivity index (χ3v) is 15.1. The first-order chi connectivity index (χ1) is 18.8. The van der Waals surface area contributed by atoms with Crippen LogP contribution in [0.3, 0.4) is 0 Å². The van der Waals surface area contributed by atoms with Gasteiger partial charge in [0.1, 0.15) is 5.92 Å². The van der Waals surface area contributed by atoms with Gasteiger partial charge in [-0.05, 0) is 134 Å². The van der Waals surface area contributed by atoms with Gasteiger partial charge in [0.05, 0.1) is 12.7 Å². The van der Waals surface area contributed by atoms with Crippen LogP contribution in [0.2, 0.25) is 0 Å². The summed E-state index contributed by atoms with van der Waals surface area (Å²) in [7, 11) is 0. The molecule has 5 aliphatic carbocycles. The van der Waals surface area contributed by atoms with Crippen molar-refractivity contribution in [1.29, 1.82) is 5.26 Å². The maximum atomic E-state index is 13.4. The van der Waals surface area contributed by atoms with Crippen molar-refractivity contribution in [2.75, 3.05) is 13.2 Å². The molecule has 6 aliphatic rings. The van der Waals surface area contributed by atoms with Crippen LogP contribution in [0.1, 0.15) is 126 Å². The lowest BCUT2D eigenvalue weighted by Crippen LogP contribution is -2.67. The van der Waals surface area contributed by atoms with Crippen LogP contribution in [0.15, 0.2) is 0 Å². The first kappa shape index (κ1) is 29.2. The average Bonchev–Trinajstić information content (AvgIpc) is 3.31. The fraction of sp³-hybridized carbons (Fsp3) is 0.944. The molecule has 0 radical (unpaired) electrons. The molecule has 0 aromatic heterocycles. The minimum Gasteiger partial charge on any atom is -0.353 e. The van der Waals surface area contributed by atoms with Crippen molar-refractivity contribution < 1.29 is 14.3 Å². The Labute approximate surface area is 244 Å². The Morgan fingerprint density at radius 1 is 0.925 bits per heavy atom. The zero-order valence-corrected chi connectivity index (χ0v) is 26.7. The van der Waals surface area contributed by atoms with Crippen LogP contribution in [0.5, 0.6) is 0 Å². The molecule has 4 heteroatoms. The predicted octanol–water partition coefficient (Wildman–Crippen LogP) is 8.59. The number of nitrogens with zero attached hydrogens (tertiary/aromatic N) is 1. The Morgan fingerprint density at radius 3 is 2.38 bits per heavy atom. The number of hydrogen-bond acceptors (Lipinski definition) is 4. The van der Waals surface area contributed by atoms with Gasteiger partial charge in [-0.1, -0.05) is 48.5 Å². The molecule has 4 nitrogen and oxygen atoms in total. The van der Waals surface area contributed by atoms with E-state index in [1.54, 1.807) is 0 Å². The second-order valence-electron chi connectivity index (χ2n) is 17.1. The number of nitriles is 1. The van der Waals surface area contributed by atoms with Crippen molar-refractivity contribution in [2.24, 2.45) is 68.5 Å². The maximum Gasteiger partial charge on any atom is 0.157 e. The highest BCUT2D eigenvalue weighted by molar-refractivity contribution is 5.89. The van der Waals surface area contributed by atoms with Gasteiger partial charge in [-0.3, -0.25) is 4.79 Å². The summed E-state index contributed by atoms with van der Waals surface area (Å²) in [5.41, 5.74) is 0.504. The molecule has 6 fully saturated rings. The molecule has 0 bridgehead atoms. The maximum absolute atomic E-state index is 13.4. The van der Waals surface area contributed by atoms with Gasteiger partial charge in [-0.25, -0.2) is 0 Å². The summed E-state index contributed by atoms with van der Waals surface area (Å²) >= 11 is 0. The molecular formula is C36H57NO3. The van der Waals surface area contributed by atoms with Gasteiger partial charge in [0.2, 0.25) is 0 Å². The molecule has 0 aromatic carbocycles. The molecule has 11 atom stereocenters. The topological polar surface area (TPSA) is 59.3 Å². The highest BCUT2D eigenvalue weighted by atomic mass is 16.7. The number of carbonyl (C=O) groups excluding carboxylic acids is 1. The fourth-order valence-corrected chi connectivity index (χ4v) is 13.0. The van der Waals surface area contributed by atoms with Crippen LogP contribution >= 0.6 is 0 Å². The van der Waals surface area contributed by atoms with Crippen LogP contribution in [-0.2, 0) is 14.3 Å². The third-order valence-electron chi connectivity index (χ3n) is 15.1. The lowest BCUT2D eigenvalue weighted by atomic mass is 9.32. The molecule has 2 unspecified atom stereocenters. The molecule has 6 rings (SSSR count). The molecule has 1 saturated heterocycles. The number of ether oxygens (including phenoxy) is 2. The quantitative estimate of drug-likeness (QED) is 0.351. The molecular weight excluding hydrogens is 494 g/mol. The molecule has 1 aliphatic heterocycles. The first-order valence-corrected chi connectivity index (χ1v) is 17.0. The van der Waals surface area contributed by atoms with Crippen LogP contribution in [0.4, 0.5) is 0 Å². The lowest BCUT2D eigenvalue weighted by Gasteiger charge is -2.72. The number of fused-ring (bicyclic) bond motifs is 7. The van der Waals surface area contributed by atoms with E-state index < -0.39 is 11.3 Å². The largest absolute Gasteiger partial charge is 0.353 e. The summed E-state index contributed by atoms with van der Waals surface area (Å²) < 4.78 is 12.7. The van der Waals surface area contributed by atoms with Crippen LogP contribution < -0.4 is 0 Å². The van der Waals surface area contributed by atoms with Crippen molar-refractivity contribution in [3.63, 3.8) is 0 Å². The summed E-state index contributed by atoms with van der Waals surface area (Å²) in [5, 5.41) is 10.1. The van der Waals surface area contributed by atoms with Crippen LogP contribution in [0, 0.1) is 79.8 Å².